The molecule has 3 N–H and O–H groups in total. The number of hydrogen-bond donors (Lipinski definition) is 2. The molecule has 2 aromatic rings. The van der Waals surface area contributed by atoms with E-state index < -0.39 is 10.0 Å². The molecule has 2 rings (SSSR count). The third kappa shape index (κ3) is 2.49. The highest BCUT2D eigenvalue weighted by Gasteiger charge is 2.26. The molecule has 0 saturated heterocycles. The first kappa shape index (κ1) is 14.4. The fourth-order valence-corrected chi connectivity index (χ4v) is 3.39. The third-order valence-corrected chi connectivity index (χ3v) is 4.80. The number of imidazole rings is 1. The molecule has 0 aliphatic heterocycles. The van der Waals surface area contributed by atoms with E-state index in [9.17, 15) is 8.42 Å². The first-order valence-corrected chi connectivity index (χ1v) is 7.85. The third-order valence-electron chi connectivity index (χ3n) is 3.00. The zero-order chi connectivity index (χ0) is 14.8. The van der Waals surface area contributed by atoms with E-state index in [2.05, 4.69) is 9.97 Å². The highest BCUT2D eigenvalue weighted by atomic mass is 32.2. The van der Waals surface area contributed by atoms with E-state index in [-0.39, 0.29) is 11.6 Å². The predicted molar refractivity (Wildman–Crippen MR) is 79.0 cm³/mol. The van der Waals surface area contributed by atoms with Crippen LogP contribution < -0.4 is 10.0 Å². The molecular weight excluding hydrogens is 276 g/mol. The van der Waals surface area contributed by atoms with E-state index >= 15 is 0 Å². The maximum atomic E-state index is 12.6. The van der Waals surface area contributed by atoms with Crippen molar-refractivity contribution in [2.75, 3.05) is 16.6 Å². The molecule has 1 aromatic carbocycles. The van der Waals surface area contributed by atoms with Gasteiger partial charge in [0.1, 0.15) is 5.82 Å². The van der Waals surface area contributed by atoms with Crippen molar-refractivity contribution in [3.8, 4) is 0 Å². The zero-order valence-corrected chi connectivity index (χ0v) is 12.3. The lowest BCUT2D eigenvalue weighted by atomic mass is 10.3. The van der Waals surface area contributed by atoms with Gasteiger partial charge in [0.25, 0.3) is 10.0 Å². The van der Waals surface area contributed by atoms with Gasteiger partial charge >= 0.3 is 0 Å². The minimum atomic E-state index is -3.68. The first-order valence-electron chi connectivity index (χ1n) is 6.41. The van der Waals surface area contributed by atoms with Crippen LogP contribution in [0.2, 0.25) is 0 Å². The maximum Gasteiger partial charge on any atom is 0.281 e. The van der Waals surface area contributed by atoms with Crippen molar-refractivity contribution in [2.24, 2.45) is 0 Å². The van der Waals surface area contributed by atoms with Crippen LogP contribution in [0.25, 0.3) is 0 Å². The minimum Gasteiger partial charge on any atom is -0.397 e. The van der Waals surface area contributed by atoms with Crippen molar-refractivity contribution in [1.29, 1.82) is 0 Å². The largest absolute Gasteiger partial charge is 0.397 e. The topological polar surface area (TPSA) is 92.1 Å². The molecule has 6 nitrogen and oxygen atoms in total. The smallest absolute Gasteiger partial charge is 0.281 e. The lowest BCUT2D eigenvalue weighted by Gasteiger charge is -2.23. The number of H-pyrrole nitrogens is 1. The Morgan fingerprint density at radius 3 is 2.55 bits per heavy atom. The molecule has 0 aliphatic rings. The number of nitrogen functional groups attached to an aromatic ring is 1. The summed E-state index contributed by atoms with van der Waals surface area (Å²) in [5.41, 5.74) is 6.77. The van der Waals surface area contributed by atoms with E-state index in [4.69, 9.17) is 5.73 Å². The predicted octanol–water partition coefficient (Wildman–Crippen LogP) is 1.77. The molecule has 0 spiro atoms. The fraction of sp³-hybridized carbons (Fsp3) is 0.308. The summed E-state index contributed by atoms with van der Waals surface area (Å²) < 4.78 is 26.6. The number of aryl methyl sites for hydroxylation is 1. The Labute approximate surface area is 118 Å². The molecule has 0 atom stereocenters. The number of nitrogens with two attached hydrogens (primary N) is 1. The van der Waals surface area contributed by atoms with Crippen LogP contribution in [-0.2, 0) is 16.4 Å². The van der Waals surface area contributed by atoms with Gasteiger partial charge in [-0.1, -0.05) is 19.1 Å². The zero-order valence-electron chi connectivity index (χ0n) is 11.5. The number of para-hydroxylation sites is 2. The molecule has 0 amide bonds. The molecule has 0 saturated carbocycles. The molecule has 1 aromatic heterocycles. The van der Waals surface area contributed by atoms with E-state index in [1.54, 1.807) is 31.2 Å². The van der Waals surface area contributed by atoms with Gasteiger partial charge in [-0.3, -0.25) is 4.31 Å². The molecule has 0 aliphatic carbocycles. The molecule has 0 unspecified atom stereocenters. The van der Waals surface area contributed by atoms with E-state index in [1.165, 1.54) is 10.5 Å². The summed E-state index contributed by atoms with van der Waals surface area (Å²) in [6.45, 7) is 3.96. The highest BCUT2D eigenvalue weighted by Crippen LogP contribution is 2.27. The summed E-state index contributed by atoms with van der Waals surface area (Å²) in [6.07, 6.45) is 1.99. The van der Waals surface area contributed by atoms with Gasteiger partial charge in [0.05, 0.1) is 17.6 Å². The van der Waals surface area contributed by atoms with Crippen LogP contribution in [0.15, 0.2) is 35.5 Å². The SMILES string of the molecule is CCc1ncc(S(=O)(=O)N(CC)c2ccccc2N)[nH]1. The number of benzene rings is 1. The van der Waals surface area contributed by atoms with Gasteiger partial charge in [-0.05, 0) is 19.1 Å². The second kappa shape index (κ2) is 5.54. The maximum absolute atomic E-state index is 12.6. The van der Waals surface area contributed by atoms with Crippen molar-refractivity contribution in [3.63, 3.8) is 0 Å². The van der Waals surface area contributed by atoms with Gasteiger partial charge in [0, 0.05) is 13.0 Å². The number of anilines is 2. The first-order chi connectivity index (χ1) is 9.50. The van der Waals surface area contributed by atoms with Gasteiger partial charge in [0.2, 0.25) is 0 Å². The Balaban J connectivity index is 2.48. The monoisotopic (exact) mass is 294 g/mol. The van der Waals surface area contributed by atoms with Crippen LogP contribution in [-0.4, -0.2) is 24.9 Å². The molecule has 0 bridgehead atoms. The number of aromatic amines is 1. The van der Waals surface area contributed by atoms with Crippen molar-refractivity contribution in [1.82, 2.24) is 9.97 Å². The van der Waals surface area contributed by atoms with Gasteiger partial charge in [0.15, 0.2) is 5.03 Å². The van der Waals surface area contributed by atoms with Crippen LogP contribution in [0.4, 0.5) is 11.4 Å². The van der Waals surface area contributed by atoms with E-state index in [0.29, 0.717) is 23.6 Å². The van der Waals surface area contributed by atoms with Crippen molar-refractivity contribution in [3.05, 3.63) is 36.3 Å². The summed E-state index contributed by atoms with van der Waals surface area (Å²) in [7, 11) is -3.68. The van der Waals surface area contributed by atoms with Crippen LogP contribution in [0.3, 0.4) is 0 Å². The Morgan fingerprint density at radius 1 is 1.30 bits per heavy atom. The second-order valence-electron chi connectivity index (χ2n) is 4.28. The number of hydrogen-bond acceptors (Lipinski definition) is 4. The molecular formula is C13H18N4O2S. The van der Waals surface area contributed by atoms with Gasteiger partial charge < -0.3 is 10.7 Å². The fourth-order valence-electron chi connectivity index (χ4n) is 1.96. The number of sulfonamides is 1. The van der Waals surface area contributed by atoms with Gasteiger partial charge in [-0.25, -0.2) is 4.98 Å². The van der Waals surface area contributed by atoms with Gasteiger partial charge in [-0.15, -0.1) is 0 Å². The Hall–Kier alpha value is -2.02. The molecule has 0 fully saturated rings. The Bertz CT molecular complexity index is 694. The lowest BCUT2D eigenvalue weighted by Crippen LogP contribution is -2.31. The number of nitrogens with zero attached hydrogens (tertiary/aromatic N) is 2. The Morgan fingerprint density at radius 2 is 2.00 bits per heavy atom. The average molecular weight is 294 g/mol. The number of aromatic nitrogens is 2. The van der Waals surface area contributed by atoms with Crippen molar-refractivity contribution in [2.45, 2.75) is 25.3 Å². The van der Waals surface area contributed by atoms with Crippen LogP contribution in [0.1, 0.15) is 19.7 Å². The van der Waals surface area contributed by atoms with E-state index in [1.807, 2.05) is 6.92 Å². The molecule has 108 valence electrons. The highest BCUT2D eigenvalue weighted by molar-refractivity contribution is 7.92. The summed E-state index contributed by atoms with van der Waals surface area (Å²) in [5.74, 6) is 0.640. The molecule has 20 heavy (non-hydrogen) atoms. The summed E-state index contributed by atoms with van der Waals surface area (Å²) in [4.78, 5) is 6.87. The van der Waals surface area contributed by atoms with Gasteiger partial charge in [-0.2, -0.15) is 8.42 Å². The van der Waals surface area contributed by atoms with Crippen LogP contribution in [0, 0.1) is 0 Å². The van der Waals surface area contributed by atoms with Crippen molar-refractivity contribution >= 4 is 21.4 Å². The normalized spacial score (nSPS) is 11.5. The lowest BCUT2D eigenvalue weighted by molar-refractivity contribution is 0.588. The molecule has 1 heterocycles. The van der Waals surface area contributed by atoms with Crippen molar-refractivity contribution < 1.29 is 8.42 Å². The number of nitrogens with one attached hydrogen (secondary N) is 1. The average Bonchev–Trinajstić information content (AvgIpc) is 2.91. The van der Waals surface area contributed by atoms with E-state index in [0.717, 1.165) is 0 Å². The number of rotatable bonds is 5. The minimum absolute atomic E-state index is 0.0828. The summed E-state index contributed by atoms with van der Waals surface area (Å²) in [5, 5.41) is 0.0828. The Kier molecular flexibility index (Phi) is 3.99. The molecule has 7 heteroatoms. The second-order valence-corrected chi connectivity index (χ2v) is 6.11. The van der Waals surface area contributed by atoms with Crippen LogP contribution in [0.5, 0.6) is 0 Å². The quantitative estimate of drug-likeness (QED) is 0.822. The van der Waals surface area contributed by atoms with Crippen LogP contribution >= 0.6 is 0 Å². The standard InChI is InChI=1S/C13H18N4O2S/c1-3-12-15-9-13(16-12)20(18,19)17(4-2)11-8-6-5-7-10(11)14/h5-9H,3-4,14H2,1-2H3,(H,15,16). The summed E-state index contributed by atoms with van der Waals surface area (Å²) in [6, 6.07) is 6.89. The summed E-state index contributed by atoms with van der Waals surface area (Å²) >= 11 is 0. The molecule has 0 radical (unpaired) electrons.